The molecule has 1 fully saturated rings. The standard InChI is InChI=1S/C17H25FN2OS/c1-14-7-11-20(12-8-14)10-2-9-19-17(21)13-22-16-5-3-15(18)4-6-16/h3-6,14H,2,7-13H2,1H3,(H,19,21). The van der Waals surface area contributed by atoms with Gasteiger partial charge in [0.05, 0.1) is 5.75 Å². The van der Waals surface area contributed by atoms with E-state index in [9.17, 15) is 9.18 Å². The van der Waals surface area contributed by atoms with Gasteiger partial charge in [0.2, 0.25) is 5.91 Å². The maximum atomic E-state index is 12.8. The van der Waals surface area contributed by atoms with Crippen molar-refractivity contribution in [2.45, 2.75) is 31.1 Å². The second-order valence-corrected chi connectivity index (χ2v) is 7.02. The third-order valence-corrected chi connectivity index (χ3v) is 5.05. The molecule has 0 aliphatic carbocycles. The third-order valence-electron chi connectivity index (χ3n) is 4.03. The van der Waals surface area contributed by atoms with Crippen LogP contribution in [0.1, 0.15) is 26.2 Å². The lowest BCUT2D eigenvalue weighted by Gasteiger charge is -2.30. The summed E-state index contributed by atoms with van der Waals surface area (Å²) < 4.78 is 12.8. The first-order chi connectivity index (χ1) is 10.6. The number of carbonyl (C=O) groups excluding carboxylic acids is 1. The summed E-state index contributed by atoms with van der Waals surface area (Å²) in [5.74, 6) is 1.04. The van der Waals surface area contributed by atoms with Crippen LogP contribution in [-0.2, 0) is 4.79 Å². The van der Waals surface area contributed by atoms with Crippen LogP contribution >= 0.6 is 11.8 Å². The molecule has 0 aromatic heterocycles. The van der Waals surface area contributed by atoms with E-state index in [1.807, 2.05) is 0 Å². The maximum Gasteiger partial charge on any atom is 0.230 e. The number of rotatable bonds is 7. The van der Waals surface area contributed by atoms with Crippen LogP contribution in [0, 0.1) is 11.7 Å². The SMILES string of the molecule is CC1CCN(CCCNC(=O)CSc2ccc(F)cc2)CC1. The van der Waals surface area contributed by atoms with Crippen molar-refractivity contribution in [1.29, 1.82) is 0 Å². The summed E-state index contributed by atoms with van der Waals surface area (Å²) >= 11 is 1.43. The zero-order chi connectivity index (χ0) is 15.8. The van der Waals surface area contributed by atoms with Gasteiger partial charge in [-0.1, -0.05) is 6.92 Å². The van der Waals surface area contributed by atoms with E-state index in [1.54, 1.807) is 12.1 Å². The number of thioether (sulfide) groups is 1. The van der Waals surface area contributed by atoms with E-state index in [0.29, 0.717) is 5.75 Å². The normalized spacial score (nSPS) is 16.6. The van der Waals surface area contributed by atoms with Crippen LogP contribution in [0.4, 0.5) is 4.39 Å². The Labute approximate surface area is 136 Å². The van der Waals surface area contributed by atoms with Crippen molar-refractivity contribution in [2.24, 2.45) is 5.92 Å². The molecule has 1 saturated heterocycles. The van der Waals surface area contributed by atoms with E-state index in [1.165, 1.54) is 49.8 Å². The molecule has 1 amide bonds. The van der Waals surface area contributed by atoms with Crippen LogP contribution in [0.2, 0.25) is 0 Å². The highest BCUT2D eigenvalue weighted by molar-refractivity contribution is 8.00. The highest BCUT2D eigenvalue weighted by Crippen LogP contribution is 2.17. The van der Waals surface area contributed by atoms with Crippen molar-refractivity contribution >= 4 is 17.7 Å². The fourth-order valence-electron chi connectivity index (χ4n) is 2.55. The van der Waals surface area contributed by atoms with Gasteiger partial charge in [0.1, 0.15) is 5.82 Å². The Morgan fingerprint density at radius 3 is 2.68 bits per heavy atom. The molecule has 5 heteroatoms. The van der Waals surface area contributed by atoms with E-state index in [2.05, 4.69) is 17.1 Å². The molecule has 122 valence electrons. The van der Waals surface area contributed by atoms with Crippen molar-refractivity contribution in [3.63, 3.8) is 0 Å². The van der Waals surface area contributed by atoms with Crippen LogP contribution in [0.15, 0.2) is 29.2 Å². The summed E-state index contributed by atoms with van der Waals surface area (Å²) in [7, 11) is 0. The maximum absolute atomic E-state index is 12.8. The molecular formula is C17H25FN2OS. The molecule has 1 aliphatic rings. The molecule has 0 bridgehead atoms. The molecule has 2 rings (SSSR count). The minimum Gasteiger partial charge on any atom is -0.355 e. The van der Waals surface area contributed by atoms with E-state index in [4.69, 9.17) is 0 Å². The lowest BCUT2D eigenvalue weighted by atomic mass is 9.99. The number of halogens is 1. The van der Waals surface area contributed by atoms with Gasteiger partial charge in [-0.25, -0.2) is 4.39 Å². The third kappa shape index (κ3) is 6.36. The van der Waals surface area contributed by atoms with Crippen molar-refractivity contribution < 1.29 is 9.18 Å². The number of nitrogens with zero attached hydrogens (tertiary/aromatic N) is 1. The average molecular weight is 324 g/mol. The van der Waals surface area contributed by atoms with Gasteiger partial charge in [0.25, 0.3) is 0 Å². The first-order valence-electron chi connectivity index (χ1n) is 8.01. The first kappa shape index (κ1) is 17.3. The quantitative estimate of drug-likeness (QED) is 0.618. The second kappa shape index (κ2) is 9.16. The molecule has 1 heterocycles. The summed E-state index contributed by atoms with van der Waals surface area (Å²) in [6, 6.07) is 6.23. The molecule has 1 aliphatic heterocycles. The predicted molar refractivity (Wildman–Crippen MR) is 89.6 cm³/mol. The Kier molecular flexibility index (Phi) is 7.19. The van der Waals surface area contributed by atoms with E-state index in [0.717, 1.165) is 30.3 Å². The Morgan fingerprint density at radius 1 is 1.32 bits per heavy atom. The number of piperidine rings is 1. The fraction of sp³-hybridized carbons (Fsp3) is 0.588. The van der Waals surface area contributed by atoms with Gasteiger partial charge < -0.3 is 10.2 Å². The van der Waals surface area contributed by atoms with Crippen molar-refractivity contribution in [1.82, 2.24) is 10.2 Å². The molecule has 0 atom stereocenters. The van der Waals surface area contributed by atoms with Gasteiger partial charge >= 0.3 is 0 Å². The summed E-state index contributed by atoms with van der Waals surface area (Å²) in [5.41, 5.74) is 0. The number of benzene rings is 1. The summed E-state index contributed by atoms with van der Waals surface area (Å²) in [4.78, 5) is 15.2. The molecule has 1 aromatic rings. The van der Waals surface area contributed by atoms with Crippen molar-refractivity contribution in [3.05, 3.63) is 30.1 Å². The number of hydrogen-bond acceptors (Lipinski definition) is 3. The average Bonchev–Trinajstić information content (AvgIpc) is 2.53. The minimum atomic E-state index is -0.249. The summed E-state index contributed by atoms with van der Waals surface area (Å²) in [5, 5.41) is 2.95. The number of hydrogen-bond donors (Lipinski definition) is 1. The Hall–Kier alpha value is -1.07. The van der Waals surface area contributed by atoms with E-state index < -0.39 is 0 Å². The van der Waals surface area contributed by atoms with Crippen LogP contribution in [0.3, 0.4) is 0 Å². The fourth-order valence-corrected chi connectivity index (χ4v) is 3.28. The van der Waals surface area contributed by atoms with Crippen LogP contribution < -0.4 is 5.32 Å². The molecule has 0 unspecified atom stereocenters. The van der Waals surface area contributed by atoms with E-state index in [-0.39, 0.29) is 11.7 Å². The second-order valence-electron chi connectivity index (χ2n) is 5.97. The molecular weight excluding hydrogens is 299 g/mol. The van der Waals surface area contributed by atoms with Gasteiger partial charge in [-0.2, -0.15) is 0 Å². The molecule has 0 spiro atoms. The topological polar surface area (TPSA) is 32.3 Å². The predicted octanol–water partition coefficient (Wildman–Crippen LogP) is 3.16. The summed E-state index contributed by atoms with van der Waals surface area (Å²) in [6.07, 6.45) is 3.59. The zero-order valence-corrected chi connectivity index (χ0v) is 14.0. The lowest BCUT2D eigenvalue weighted by Crippen LogP contribution is -2.35. The van der Waals surface area contributed by atoms with Gasteiger partial charge in [0, 0.05) is 11.4 Å². The van der Waals surface area contributed by atoms with Crippen LogP contribution in [0.25, 0.3) is 0 Å². The van der Waals surface area contributed by atoms with Crippen LogP contribution in [-0.4, -0.2) is 42.7 Å². The Balaban J connectivity index is 1.53. The van der Waals surface area contributed by atoms with Crippen LogP contribution in [0.5, 0.6) is 0 Å². The zero-order valence-electron chi connectivity index (χ0n) is 13.2. The van der Waals surface area contributed by atoms with Crippen molar-refractivity contribution in [3.8, 4) is 0 Å². The van der Waals surface area contributed by atoms with Gasteiger partial charge in [-0.15, -0.1) is 11.8 Å². The molecule has 1 aromatic carbocycles. The molecule has 3 nitrogen and oxygen atoms in total. The smallest absolute Gasteiger partial charge is 0.230 e. The molecule has 22 heavy (non-hydrogen) atoms. The number of amides is 1. The van der Waals surface area contributed by atoms with Gasteiger partial charge in [-0.3, -0.25) is 4.79 Å². The lowest BCUT2D eigenvalue weighted by molar-refractivity contribution is -0.118. The molecule has 0 saturated carbocycles. The van der Waals surface area contributed by atoms with E-state index >= 15 is 0 Å². The monoisotopic (exact) mass is 324 g/mol. The first-order valence-corrected chi connectivity index (χ1v) is 8.99. The Morgan fingerprint density at radius 2 is 2.00 bits per heavy atom. The highest BCUT2D eigenvalue weighted by atomic mass is 32.2. The number of likely N-dealkylation sites (tertiary alicyclic amines) is 1. The van der Waals surface area contributed by atoms with Gasteiger partial charge in [0.15, 0.2) is 0 Å². The largest absolute Gasteiger partial charge is 0.355 e. The minimum absolute atomic E-state index is 0.0431. The highest BCUT2D eigenvalue weighted by Gasteiger charge is 2.14. The summed E-state index contributed by atoms with van der Waals surface area (Å²) in [6.45, 7) is 6.49. The molecule has 1 N–H and O–H groups in total. The Bertz CT molecular complexity index is 458. The number of carbonyl (C=O) groups is 1. The molecule has 0 radical (unpaired) electrons. The van der Waals surface area contributed by atoms with Crippen molar-refractivity contribution in [2.75, 3.05) is 31.9 Å². The number of nitrogens with one attached hydrogen (secondary N) is 1. The van der Waals surface area contributed by atoms with Gasteiger partial charge in [-0.05, 0) is 69.1 Å².